The molecule has 100 valence electrons. The number of hydrogen-bond donors (Lipinski definition) is 1. The molecule has 2 aliphatic heterocycles. The molecule has 1 N–H and O–H groups in total. The Balaban J connectivity index is 1.45. The molecule has 2 heterocycles. The first-order chi connectivity index (χ1) is 8.86. The van der Waals surface area contributed by atoms with Crippen LogP contribution in [0.1, 0.15) is 32.1 Å². The van der Waals surface area contributed by atoms with E-state index in [0.29, 0.717) is 18.2 Å². The van der Waals surface area contributed by atoms with Crippen LogP contribution >= 0.6 is 0 Å². The highest BCUT2D eigenvalue weighted by molar-refractivity contribution is 4.97. The zero-order valence-electron chi connectivity index (χ0n) is 11.0. The van der Waals surface area contributed by atoms with Gasteiger partial charge in [-0.3, -0.25) is 4.90 Å². The zero-order chi connectivity index (χ0) is 12.4. The van der Waals surface area contributed by atoms with Crippen LogP contribution in [-0.4, -0.2) is 49.3 Å². The van der Waals surface area contributed by atoms with Crippen molar-refractivity contribution in [3.63, 3.8) is 0 Å². The summed E-state index contributed by atoms with van der Waals surface area (Å²) in [5, 5.41) is 12.6. The van der Waals surface area contributed by atoms with Crippen molar-refractivity contribution in [3.8, 4) is 6.07 Å². The van der Waals surface area contributed by atoms with Gasteiger partial charge >= 0.3 is 0 Å². The molecule has 3 aliphatic rings. The molecule has 0 bridgehead atoms. The van der Waals surface area contributed by atoms with Gasteiger partial charge in [-0.1, -0.05) is 6.42 Å². The summed E-state index contributed by atoms with van der Waals surface area (Å²) in [5.41, 5.74) is 0. The van der Waals surface area contributed by atoms with Crippen LogP contribution < -0.4 is 5.32 Å². The van der Waals surface area contributed by atoms with Crippen LogP contribution in [0.5, 0.6) is 0 Å². The lowest BCUT2D eigenvalue weighted by Gasteiger charge is -2.35. The fourth-order valence-corrected chi connectivity index (χ4v) is 3.65. The fraction of sp³-hybridized carbons (Fsp3) is 0.929. The largest absolute Gasteiger partial charge is 0.374 e. The third kappa shape index (κ3) is 2.54. The van der Waals surface area contributed by atoms with Gasteiger partial charge in [0.1, 0.15) is 0 Å². The minimum Gasteiger partial charge on any atom is -0.374 e. The second-order valence-electron chi connectivity index (χ2n) is 5.93. The quantitative estimate of drug-likeness (QED) is 0.814. The summed E-state index contributed by atoms with van der Waals surface area (Å²) < 4.78 is 5.93. The number of nitrogens with one attached hydrogen (secondary N) is 1. The molecule has 0 aromatic carbocycles. The van der Waals surface area contributed by atoms with Crippen LogP contribution in [0, 0.1) is 17.2 Å². The molecule has 1 saturated carbocycles. The van der Waals surface area contributed by atoms with Crippen molar-refractivity contribution in [3.05, 3.63) is 0 Å². The van der Waals surface area contributed by atoms with Crippen molar-refractivity contribution in [2.45, 2.75) is 50.3 Å². The molecule has 1 aliphatic carbocycles. The van der Waals surface area contributed by atoms with Gasteiger partial charge in [0.05, 0.1) is 24.7 Å². The Bertz CT molecular complexity index is 327. The lowest BCUT2D eigenvalue weighted by Crippen LogP contribution is -2.50. The van der Waals surface area contributed by atoms with Gasteiger partial charge < -0.3 is 10.1 Å². The van der Waals surface area contributed by atoms with Crippen LogP contribution in [0.3, 0.4) is 0 Å². The number of nitriles is 1. The second kappa shape index (κ2) is 5.56. The number of fused-ring (bicyclic) bond motifs is 1. The maximum absolute atomic E-state index is 9.07. The van der Waals surface area contributed by atoms with Crippen LogP contribution in [0.25, 0.3) is 0 Å². The lowest BCUT2D eigenvalue weighted by molar-refractivity contribution is -0.0480. The first-order valence-electron chi connectivity index (χ1n) is 7.35. The van der Waals surface area contributed by atoms with Crippen molar-refractivity contribution < 1.29 is 4.74 Å². The predicted octanol–water partition coefficient (Wildman–Crippen LogP) is 1.13. The first kappa shape index (κ1) is 12.4. The van der Waals surface area contributed by atoms with Crippen LogP contribution in [0.4, 0.5) is 0 Å². The molecule has 4 atom stereocenters. The van der Waals surface area contributed by atoms with Gasteiger partial charge in [0.2, 0.25) is 0 Å². The van der Waals surface area contributed by atoms with Crippen LogP contribution in [0.2, 0.25) is 0 Å². The Hall–Kier alpha value is -0.630. The van der Waals surface area contributed by atoms with Gasteiger partial charge in [0.15, 0.2) is 0 Å². The van der Waals surface area contributed by atoms with E-state index < -0.39 is 0 Å². The first-order valence-corrected chi connectivity index (χ1v) is 7.35. The van der Waals surface area contributed by atoms with E-state index >= 15 is 0 Å². The highest BCUT2D eigenvalue weighted by Gasteiger charge is 2.33. The zero-order valence-corrected chi connectivity index (χ0v) is 11.0. The number of nitrogens with zero attached hydrogens (tertiary/aromatic N) is 2. The minimum absolute atomic E-state index is 0.216. The van der Waals surface area contributed by atoms with Gasteiger partial charge in [0, 0.05) is 25.2 Å². The van der Waals surface area contributed by atoms with Crippen molar-refractivity contribution in [2.24, 2.45) is 5.92 Å². The number of ether oxygens (including phenoxy) is 1. The van der Waals surface area contributed by atoms with Crippen molar-refractivity contribution >= 4 is 0 Å². The summed E-state index contributed by atoms with van der Waals surface area (Å²) in [6, 6.07) is 3.50. The second-order valence-corrected chi connectivity index (χ2v) is 5.93. The van der Waals surface area contributed by atoms with E-state index in [2.05, 4.69) is 16.3 Å². The third-order valence-electron chi connectivity index (χ3n) is 4.75. The van der Waals surface area contributed by atoms with Crippen LogP contribution in [-0.2, 0) is 4.74 Å². The summed E-state index contributed by atoms with van der Waals surface area (Å²) in [6.45, 7) is 4.13. The van der Waals surface area contributed by atoms with Gasteiger partial charge in [-0.2, -0.15) is 5.26 Å². The molecule has 4 nitrogen and oxygen atoms in total. The van der Waals surface area contributed by atoms with E-state index in [1.165, 1.54) is 25.8 Å². The predicted molar refractivity (Wildman–Crippen MR) is 69.1 cm³/mol. The molecule has 0 radical (unpaired) electrons. The molecule has 4 unspecified atom stereocenters. The van der Waals surface area contributed by atoms with E-state index in [1.807, 2.05) is 0 Å². The third-order valence-corrected chi connectivity index (χ3v) is 4.75. The Morgan fingerprint density at radius 2 is 2.22 bits per heavy atom. The van der Waals surface area contributed by atoms with E-state index in [4.69, 9.17) is 10.00 Å². The van der Waals surface area contributed by atoms with Gasteiger partial charge in [-0.15, -0.1) is 0 Å². The SMILES string of the molecule is N#CC1CCCC1NCC1CN2CCCC2CO1. The summed E-state index contributed by atoms with van der Waals surface area (Å²) in [5.74, 6) is 0.216. The topological polar surface area (TPSA) is 48.3 Å². The highest BCUT2D eigenvalue weighted by atomic mass is 16.5. The van der Waals surface area contributed by atoms with E-state index in [1.54, 1.807) is 0 Å². The lowest BCUT2D eigenvalue weighted by atomic mass is 10.1. The maximum atomic E-state index is 9.07. The van der Waals surface area contributed by atoms with Gasteiger partial charge in [-0.05, 0) is 32.2 Å². The fourth-order valence-electron chi connectivity index (χ4n) is 3.65. The molecule has 0 aromatic rings. The minimum atomic E-state index is 0.216. The average Bonchev–Trinajstić information content (AvgIpc) is 3.04. The van der Waals surface area contributed by atoms with Gasteiger partial charge in [-0.25, -0.2) is 0 Å². The number of hydrogen-bond acceptors (Lipinski definition) is 4. The van der Waals surface area contributed by atoms with E-state index in [-0.39, 0.29) is 5.92 Å². The molecular weight excluding hydrogens is 226 g/mol. The number of morpholine rings is 1. The van der Waals surface area contributed by atoms with Crippen molar-refractivity contribution in [1.29, 1.82) is 5.26 Å². The Labute approximate surface area is 109 Å². The molecule has 0 spiro atoms. The normalized spacial score (nSPS) is 40.6. The molecule has 0 amide bonds. The standard InChI is InChI=1S/C14H23N3O/c15-7-11-3-1-5-14(11)16-8-13-9-17-6-2-4-12(17)10-18-13/h11-14,16H,1-6,8-10H2. The Morgan fingerprint density at radius 3 is 3.11 bits per heavy atom. The van der Waals surface area contributed by atoms with Crippen LogP contribution in [0.15, 0.2) is 0 Å². The molecule has 4 heteroatoms. The number of rotatable bonds is 3. The Kier molecular flexibility index (Phi) is 3.83. The monoisotopic (exact) mass is 249 g/mol. The highest BCUT2D eigenvalue weighted by Crippen LogP contribution is 2.26. The van der Waals surface area contributed by atoms with Crippen molar-refractivity contribution in [1.82, 2.24) is 10.2 Å². The summed E-state index contributed by atoms with van der Waals surface area (Å²) in [6.07, 6.45) is 6.35. The molecular formula is C14H23N3O. The van der Waals surface area contributed by atoms with Crippen molar-refractivity contribution in [2.75, 3.05) is 26.2 Å². The average molecular weight is 249 g/mol. The van der Waals surface area contributed by atoms with E-state index in [9.17, 15) is 0 Å². The Morgan fingerprint density at radius 1 is 1.28 bits per heavy atom. The molecule has 0 aromatic heterocycles. The van der Waals surface area contributed by atoms with E-state index in [0.717, 1.165) is 32.5 Å². The summed E-state index contributed by atoms with van der Waals surface area (Å²) in [7, 11) is 0. The maximum Gasteiger partial charge on any atom is 0.0827 e. The van der Waals surface area contributed by atoms with Gasteiger partial charge in [0.25, 0.3) is 0 Å². The smallest absolute Gasteiger partial charge is 0.0827 e. The molecule has 2 saturated heterocycles. The summed E-state index contributed by atoms with van der Waals surface area (Å²) >= 11 is 0. The molecule has 18 heavy (non-hydrogen) atoms. The molecule has 3 rings (SSSR count). The summed E-state index contributed by atoms with van der Waals surface area (Å²) in [4.78, 5) is 2.58. The molecule has 3 fully saturated rings.